The molecule has 1 N–H and O–H groups in total. The lowest BCUT2D eigenvalue weighted by atomic mass is 9.94. The molecule has 0 saturated carbocycles. The van der Waals surface area contributed by atoms with Crippen molar-refractivity contribution < 1.29 is 0 Å². The normalized spacial score (nSPS) is 17.0. The first kappa shape index (κ1) is 9.57. The van der Waals surface area contributed by atoms with Gasteiger partial charge in [-0.3, -0.25) is 0 Å². The largest absolute Gasteiger partial charge is 0.385 e. The van der Waals surface area contributed by atoms with Gasteiger partial charge in [0.2, 0.25) is 0 Å². The molecule has 2 rings (SSSR count). The third-order valence-corrected chi connectivity index (χ3v) is 3.25. The Kier molecular flexibility index (Phi) is 2.76. The van der Waals surface area contributed by atoms with Crippen LogP contribution in [0.5, 0.6) is 0 Å². The van der Waals surface area contributed by atoms with Crippen LogP contribution in [0.1, 0.15) is 43.7 Å². The van der Waals surface area contributed by atoms with Gasteiger partial charge in [0.25, 0.3) is 0 Å². The smallest absolute Gasteiger partial charge is 0.0375 e. The molecule has 0 bridgehead atoms. The van der Waals surface area contributed by atoms with Crippen molar-refractivity contribution in [3.8, 4) is 0 Å². The van der Waals surface area contributed by atoms with Crippen LogP contribution in [0.15, 0.2) is 18.2 Å². The highest BCUT2D eigenvalue weighted by atomic mass is 14.9. The Morgan fingerprint density at radius 2 is 2.29 bits per heavy atom. The molecular formula is C13H19N. The minimum atomic E-state index is 0.684. The third-order valence-electron chi connectivity index (χ3n) is 3.25. The van der Waals surface area contributed by atoms with Gasteiger partial charge in [-0.25, -0.2) is 0 Å². The number of anilines is 1. The van der Waals surface area contributed by atoms with Crippen LogP contribution >= 0.6 is 0 Å². The van der Waals surface area contributed by atoms with Crippen LogP contribution in [0.25, 0.3) is 0 Å². The molecule has 1 unspecified atom stereocenters. The predicted molar refractivity (Wildman–Crippen MR) is 62.0 cm³/mol. The quantitative estimate of drug-likeness (QED) is 0.750. The van der Waals surface area contributed by atoms with Crippen molar-refractivity contribution in [2.75, 3.05) is 11.9 Å². The Labute approximate surface area is 86.5 Å². The SMILES string of the molecule is CCC(C)c1ccc2c(c1)NCCC2. The molecule has 76 valence electrons. The average Bonchev–Trinajstić information content (AvgIpc) is 2.27. The first-order chi connectivity index (χ1) is 6.81. The Morgan fingerprint density at radius 3 is 3.07 bits per heavy atom. The maximum absolute atomic E-state index is 3.48. The fourth-order valence-corrected chi connectivity index (χ4v) is 2.02. The van der Waals surface area contributed by atoms with Crippen LogP contribution < -0.4 is 5.32 Å². The van der Waals surface area contributed by atoms with E-state index in [-0.39, 0.29) is 0 Å². The minimum Gasteiger partial charge on any atom is -0.385 e. The Bertz CT molecular complexity index is 317. The number of hydrogen-bond acceptors (Lipinski definition) is 1. The van der Waals surface area contributed by atoms with Gasteiger partial charge in [-0.15, -0.1) is 0 Å². The molecule has 1 aromatic rings. The molecule has 1 heteroatoms. The fraction of sp³-hybridized carbons (Fsp3) is 0.538. The van der Waals surface area contributed by atoms with Crippen molar-refractivity contribution >= 4 is 5.69 Å². The molecule has 0 fully saturated rings. The zero-order chi connectivity index (χ0) is 9.97. The summed E-state index contributed by atoms with van der Waals surface area (Å²) >= 11 is 0. The lowest BCUT2D eigenvalue weighted by Gasteiger charge is -2.20. The Balaban J connectivity index is 2.29. The maximum atomic E-state index is 3.48. The van der Waals surface area contributed by atoms with Crippen LogP contribution in [-0.4, -0.2) is 6.54 Å². The van der Waals surface area contributed by atoms with E-state index in [4.69, 9.17) is 0 Å². The molecule has 0 radical (unpaired) electrons. The van der Waals surface area contributed by atoms with Crippen molar-refractivity contribution in [3.05, 3.63) is 29.3 Å². The average molecular weight is 189 g/mol. The zero-order valence-corrected chi connectivity index (χ0v) is 9.14. The van der Waals surface area contributed by atoms with Gasteiger partial charge in [0.05, 0.1) is 0 Å². The molecule has 0 spiro atoms. The minimum absolute atomic E-state index is 0.684. The molecule has 1 aliphatic rings. The van der Waals surface area contributed by atoms with Gasteiger partial charge >= 0.3 is 0 Å². The van der Waals surface area contributed by atoms with Gasteiger partial charge in [-0.1, -0.05) is 26.0 Å². The van der Waals surface area contributed by atoms with E-state index in [0.717, 1.165) is 6.54 Å². The summed E-state index contributed by atoms with van der Waals surface area (Å²) in [6, 6.07) is 6.92. The van der Waals surface area contributed by atoms with E-state index in [1.54, 1.807) is 0 Å². The van der Waals surface area contributed by atoms with E-state index < -0.39 is 0 Å². The summed E-state index contributed by atoms with van der Waals surface area (Å²) in [6.07, 6.45) is 3.73. The van der Waals surface area contributed by atoms with E-state index in [9.17, 15) is 0 Å². The van der Waals surface area contributed by atoms with E-state index >= 15 is 0 Å². The summed E-state index contributed by atoms with van der Waals surface area (Å²) in [5.74, 6) is 0.684. The van der Waals surface area contributed by atoms with Gasteiger partial charge in [-0.2, -0.15) is 0 Å². The zero-order valence-electron chi connectivity index (χ0n) is 9.14. The van der Waals surface area contributed by atoms with Crippen molar-refractivity contribution in [1.29, 1.82) is 0 Å². The first-order valence-electron chi connectivity index (χ1n) is 5.68. The molecule has 1 heterocycles. The summed E-state index contributed by atoms with van der Waals surface area (Å²) in [4.78, 5) is 0. The highest BCUT2D eigenvalue weighted by molar-refractivity contribution is 5.55. The number of fused-ring (bicyclic) bond motifs is 1. The Morgan fingerprint density at radius 1 is 1.43 bits per heavy atom. The van der Waals surface area contributed by atoms with Crippen LogP contribution in [0.3, 0.4) is 0 Å². The first-order valence-corrected chi connectivity index (χ1v) is 5.68. The van der Waals surface area contributed by atoms with Gasteiger partial charge < -0.3 is 5.32 Å². The topological polar surface area (TPSA) is 12.0 Å². The third kappa shape index (κ3) is 1.77. The molecule has 0 amide bonds. The fourth-order valence-electron chi connectivity index (χ4n) is 2.02. The number of benzene rings is 1. The summed E-state index contributed by atoms with van der Waals surface area (Å²) in [6.45, 7) is 5.68. The second kappa shape index (κ2) is 4.04. The van der Waals surface area contributed by atoms with Crippen molar-refractivity contribution in [2.45, 2.75) is 39.0 Å². The van der Waals surface area contributed by atoms with Gasteiger partial charge in [0, 0.05) is 12.2 Å². The second-order valence-corrected chi connectivity index (χ2v) is 4.26. The lowest BCUT2D eigenvalue weighted by molar-refractivity contribution is 0.731. The van der Waals surface area contributed by atoms with E-state index in [2.05, 4.69) is 37.4 Å². The molecule has 1 aliphatic heterocycles. The van der Waals surface area contributed by atoms with Crippen LogP contribution in [0, 0.1) is 0 Å². The summed E-state index contributed by atoms with van der Waals surface area (Å²) < 4.78 is 0. The molecule has 0 saturated heterocycles. The predicted octanol–water partition coefficient (Wildman–Crippen LogP) is 3.56. The maximum Gasteiger partial charge on any atom is 0.0375 e. The summed E-state index contributed by atoms with van der Waals surface area (Å²) in [5.41, 5.74) is 4.33. The van der Waals surface area contributed by atoms with Crippen LogP contribution in [0.4, 0.5) is 5.69 Å². The second-order valence-electron chi connectivity index (χ2n) is 4.26. The molecule has 1 aromatic carbocycles. The molecule has 0 aromatic heterocycles. The van der Waals surface area contributed by atoms with Gasteiger partial charge in [0.1, 0.15) is 0 Å². The van der Waals surface area contributed by atoms with E-state index in [0.29, 0.717) is 5.92 Å². The monoisotopic (exact) mass is 189 g/mol. The highest BCUT2D eigenvalue weighted by Crippen LogP contribution is 2.27. The number of rotatable bonds is 2. The molecular weight excluding hydrogens is 170 g/mol. The number of aryl methyl sites for hydroxylation is 1. The highest BCUT2D eigenvalue weighted by Gasteiger charge is 2.10. The molecule has 1 atom stereocenters. The molecule has 0 aliphatic carbocycles. The van der Waals surface area contributed by atoms with Crippen LogP contribution in [0.2, 0.25) is 0 Å². The van der Waals surface area contributed by atoms with Crippen molar-refractivity contribution in [3.63, 3.8) is 0 Å². The number of nitrogens with one attached hydrogen (secondary N) is 1. The Hall–Kier alpha value is -0.980. The van der Waals surface area contributed by atoms with Crippen molar-refractivity contribution in [2.24, 2.45) is 0 Å². The van der Waals surface area contributed by atoms with Gasteiger partial charge in [0.15, 0.2) is 0 Å². The van der Waals surface area contributed by atoms with Crippen LogP contribution in [-0.2, 0) is 6.42 Å². The molecule has 14 heavy (non-hydrogen) atoms. The van der Waals surface area contributed by atoms with Gasteiger partial charge in [-0.05, 0) is 42.4 Å². The summed E-state index contributed by atoms with van der Waals surface area (Å²) in [7, 11) is 0. The standard InChI is InChI=1S/C13H19N/c1-3-10(2)12-7-6-11-5-4-8-14-13(11)9-12/h6-7,9-10,14H,3-5,8H2,1-2H3. The number of hydrogen-bond donors (Lipinski definition) is 1. The lowest BCUT2D eigenvalue weighted by Crippen LogP contribution is -2.12. The molecule has 1 nitrogen and oxygen atoms in total. The summed E-state index contributed by atoms with van der Waals surface area (Å²) in [5, 5.41) is 3.48. The van der Waals surface area contributed by atoms with E-state index in [1.165, 1.54) is 36.1 Å². The van der Waals surface area contributed by atoms with Crippen molar-refractivity contribution in [1.82, 2.24) is 0 Å². The van der Waals surface area contributed by atoms with E-state index in [1.807, 2.05) is 0 Å².